The monoisotopic (exact) mass is 388 g/mol. The summed E-state index contributed by atoms with van der Waals surface area (Å²) in [7, 11) is 1.57. The molecule has 4 rings (SSSR count). The fraction of sp³-hybridized carbons (Fsp3) is 0.130. The standard InChI is InChI=1S/C23H20N2O2S/c1-4-12-25-21-15(2)8-7-11-20(21)28-23(25)24-22(26)18-13-16-9-5-6-10-17(16)14-19(18)27-3/h4-11,13-14H,1,12H2,2-3H3. The fourth-order valence-electron chi connectivity index (χ4n) is 3.39. The second-order valence-corrected chi connectivity index (χ2v) is 7.53. The van der Waals surface area contributed by atoms with Gasteiger partial charge in [0.2, 0.25) is 0 Å². The summed E-state index contributed by atoms with van der Waals surface area (Å²) in [6.45, 7) is 6.50. The average molecular weight is 388 g/mol. The SMILES string of the molecule is C=CCn1c(=NC(=O)c2cc3ccccc3cc2OC)sc2cccc(C)c21. The Bertz CT molecular complexity index is 1280. The highest BCUT2D eigenvalue weighted by Gasteiger charge is 2.15. The van der Waals surface area contributed by atoms with Gasteiger partial charge >= 0.3 is 0 Å². The summed E-state index contributed by atoms with van der Waals surface area (Å²) in [5, 5.41) is 2.00. The first-order valence-corrected chi connectivity index (χ1v) is 9.79. The molecule has 0 unspecified atom stereocenters. The summed E-state index contributed by atoms with van der Waals surface area (Å²) < 4.78 is 8.60. The maximum atomic E-state index is 13.1. The zero-order valence-electron chi connectivity index (χ0n) is 15.8. The minimum Gasteiger partial charge on any atom is -0.496 e. The van der Waals surface area contributed by atoms with Gasteiger partial charge in [0.1, 0.15) is 5.75 Å². The predicted octanol–water partition coefficient (Wildman–Crippen LogP) is 5.10. The number of hydrogen-bond donors (Lipinski definition) is 0. The van der Waals surface area contributed by atoms with Crippen LogP contribution < -0.4 is 9.54 Å². The first kappa shape index (κ1) is 18.2. The van der Waals surface area contributed by atoms with Crippen molar-refractivity contribution in [3.63, 3.8) is 0 Å². The van der Waals surface area contributed by atoms with E-state index in [1.165, 1.54) is 11.3 Å². The van der Waals surface area contributed by atoms with Gasteiger partial charge < -0.3 is 9.30 Å². The quantitative estimate of drug-likeness (QED) is 0.457. The number of nitrogens with zero attached hydrogens (tertiary/aromatic N) is 2. The molecule has 5 heteroatoms. The van der Waals surface area contributed by atoms with Gasteiger partial charge in [0.15, 0.2) is 4.80 Å². The molecule has 0 radical (unpaired) electrons. The van der Waals surface area contributed by atoms with Gasteiger partial charge in [-0.1, -0.05) is 53.8 Å². The third kappa shape index (κ3) is 3.14. The Morgan fingerprint density at radius 2 is 1.93 bits per heavy atom. The molecule has 0 N–H and O–H groups in total. The molecule has 0 aliphatic heterocycles. The van der Waals surface area contributed by atoms with Gasteiger partial charge in [0.05, 0.1) is 22.9 Å². The number of fused-ring (bicyclic) bond motifs is 2. The number of aromatic nitrogens is 1. The van der Waals surface area contributed by atoms with Crippen LogP contribution in [0.15, 0.2) is 72.2 Å². The average Bonchev–Trinajstić information content (AvgIpc) is 3.05. The van der Waals surface area contributed by atoms with E-state index in [4.69, 9.17) is 4.74 Å². The van der Waals surface area contributed by atoms with Crippen LogP contribution in [0.25, 0.3) is 21.0 Å². The highest BCUT2D eigenvalue weighted by atomic mass is 32.1. The molecular formula is C23H20N2O2S. The number of carbonyl (C=O) groups excluding carboxylic acids is 1. The van der Waals surface area contributed by atoms with Crippen molar-refractivity contribution >= 4 is 38.2 Å². The van der Waals surface area contributed by atoms with E-state index in [2.05, 4.69) is 24.6 Å². The highest BCUT2D eigenvalue weighted by Crippen LogP contribution is 2.27. The third-order valence-electron chi connectivity index (χ3n) is 4.71. The van der Waals surface area contributed by atoms with E-state index in [1.807, 2.05) is 59.2 Å². The number of para-hydroxylation sites is 1. The smallest absolute Gasteiger partial charge is 0.283 e. The Balaban J connectivity index is 1.91. The van der Waals surface area contributed by atoms with Crippen LogP contribution in [0.2, 0.25) is 0 Å². The topological polar surface area (TPSA) is 43.6 Å². The van der Waals surface area contributed by atoms with Gasteiger partial charge in [-0.15, -0.1) is 6.58 Å². The number of aryl methyl sites for hydroxylation is 1. The zero-order valence-corrected chi connectivity index (χ0v) is 16.6. The first-order chi connectivity index (χ1) is 13.6. The number of ether oxygens (including phenoxy) is 1. The van der Waals surface area contributed by atoms with E-state index >= 15 is 0 Å². The molecule has 0 spiro atoms. The molecule has 140 valence electrons. The Labute approximate surface area is 167 Å². The summed E-state index contributed by atoms with van der Waals surface area (Å²) >= 11 is 1.50. The Hall–Kier alpha value is -3.18. The molecule has 0 atom stereocenters. The van der Waals surface area contributed by atoms with Crippen LogP contribution in [0.1, 0.15) is 15.9 Å². The lowest BCUT2D eigenvalue weighted by Crippen LogP contribution is -2.17. The lowest BCUT2D eigenvalue weighted by atomic mass is 10.1. The van der Waals surface area contributed by atoms with E-state index in [9.17, 15) is 4.79 Å². The molecule has 0 aliphatic carbocycles. The minimum atomic E-state index is -0.315. The molecule has 0 aliphatic rings. The lowest BCUT2D eigenvalue weighted by molar-refractivity contribution is 0.0995. The lowest BCUT2D eigenvalue weighted by Gasteiger charge is -2.08. The van der Waals surface area contributed by atoms with Gasteiger partial charge in [-0.3, -0.25) is 4.79 Å². The highest BCUT2D eigenvalue weighted by molar-refractivity contribution is 7.16. The van der Waals surface area contributed by atoms with Crippen LogP contribution in [-0.2, 0) is 6.54 Å². The van der Waals surface area contributed by atoms with Crippen molar-refractivity contribution in [2.75, 3.05) is 7.11 Å². The van der Waals surface area contributed by atoms with E-state index in [0.29, 0.717) is 22.7 Å². The number of allylic oxidation sites excluding steroid dienone is 1. The van der Waals surface area contributed by atoms with Gasteiger partial charge in [-0.2, -0.15) is 4.99 Å². The third-order valence-corrected chi connectivity index (χ3v) is 5.75. The second-order valence-electron chi connectivity index (χ2n) is 6.52. The number of benzene rings is 3. The van der Waals surface area contributed by atoms with Crippen molar-refractivity contribution in [1.29, 1.82) is 0 Å². The van der Waals surface area contributed by atoms with Crippen LogP contribution in [0, 0.1) is 6.92 Å². The number of thiazole rings is 1. The summed E-state index contributed by atoms with van der Waals surface area (Å²) in [6.07, 6.45) is 1.82. The molecule has 1 aromatic heterocycles. The van der Waals surface area contributed by atoms with Gasteiger partial charge in [-0.05, 0) is 41.5 Å². The molecule has 0 fully saturated rings. The minimum absolute atomic E-state index is 0.315. The van der Waals surface area contributed by atoms with Crippen LogP contribution in [0.5, 0.6) is 5.75 Å². The molecule has 0 saturated heterocycles. The molecule has 3 aromatic carbocycles. The van der Waals surface area contributed by atoms with Crippen LogP contribution in [-0.4, -0.2) is 17.6 Å². The molecular weight excluding hydrogens is 368 g/mol. The van der Waals surface area contributed by atoms with Gasteiger partial charge in [0.25, 0.3) is 5.91 Å². The van der Waals surface area contributed by atoms with E-state index in [1.54, 1.807) is 7.11 Å². The molecule has 0 saturated carbocycles. The van der Waals surface area contributed by atoms with Crippen molar-refractivity contribution in [2.45, 2.75) is 13.5 Å². The first-order valence-electron chi connectivity index (χ1n) is 8.98. The number of amides is 1. The Morgan fingerprint density at radius 1 is 1.18 bits per heavy atom. The van der Waals surface area contributed by atoms with Crippen LogP contribution >= 0.6 is 11.3 Å². The predicted molar refractivity (Wildman–Crippen MR) is 115 cm³/mol. The van der Waals surface area contributed by atoms with Gasteiger partial charge in [0, 0.05) is 6.54 Å². The molecule has 1 heterocycles. The van der Waals surface area contributed by atoms with Crippen molar-refractivity contribution in [2.24, 2.45) is 4.99 Å². The molecule has 28 heavy (non-hydrogen) atoms. The van der Waals surface area contributed by atoms with Crippen molar-refractivity contribution < 1.29 is 9.53 Å². The van der Waals surface area contributed by atoms with E-state index in [0.717, 1.165) is 26.6 Å². The number of hydrogen-bond acceptors (Lipinski definition) is 3. The second kappa shape index (κ2) is 7.44. The number of carbonyl (C=O) groups is 1. The summed E-state index contributed by atoms with van der Waals surface area (Å²) in [4.78, 5) is 18.2. The van der Waals surface area contributed by atoms with Crippen molar-refractivity contribution in [1.82, 2.24) is 4.57 Å². The maximum Gasteiger partial charge on any atom is 0.283 e. The van der Waals surface area contributed by atoms with Crippen LogP contribution in [0.4, 0.5) is 0 Å². The van der Waals surface area contributed by atoms with Crippen molar-refractivity contribution in [3.8, 4) is 5.75 Å². The Morgan fingerprint density at radius 3 is 2.64 bits per heavy atom. The Kier molecular flexibility index (Phi) is 4.84. The van der Waals surface area contributed by atoms with Crippen molar-refractivity contribution in [3.05, 3.63) is 83.2 Å². The fourth-order valence-corrected chi connectivity index (χ4v) is 4.51. The zero-order chi connectivity index (χ0) is 19.7. The maximum absolute atomic E-state index is 13.1. The molecule has 4 nitrogen and oxygen atoms in total. The van der Waals surface area contributed by atoms with E-state index < -0.39 is 0 Å². The number of methoxy groups -OCH3 is 1. The summed E-state index contributed by atoms with van der Waals surface area (Å²) in [5.74, 6) is 0.213. The summed E-state index contributed by atoms with van der Waals surface area (Å²) in [6, 6.07) is 17.7. The molecule has 0 bridgehead atoms. The van der Waals surface area contributed by atoms with Crippen LogP contribution in [0.3, 0.4) is 0 Å². The largest absolute Gasteiger partial charge is 0.496 e. The van der Waals surface area contributed by atoms with E-state index in [-0.39, 0.29) is 5.91 Å². The molecule has 4 aromatic rings. The van der Waals surface area contributed by atoms with Gasteiger partial charge in [-0.25, -0.2) is 0 Å². The summed E-state index contributed by atoms with van der Waals surface area (Å²) in [5.41, 5.74) is 2.69. The normalized spacial score (nSPS) is 11.9. The number of rotatable bonds is 4. The molecule has 1 amide bonds.